The van der Waals surface area contributed by atoms with Crippen LogP contribution in [0.5, 0.6) is 0 Å². The van der Waals surface area contributed by atoms with E-state index in [4.69, 9.17) is 4.52 Å². The van der Waals surface area contributed by atoms with Crippen molar-refractivity contribution < 1.29 is 9.32 Å². The van der Waals surface area contributed by atoms with Crippen molar-refractivity contribution in [2.24, 2.45) is 0 Å². The number of rotatable bonds is 5. The van der Waals surface area contributed by atoms with Crippen LogP contribution in [0.2, 0.25) is 0 Å². The van der Waals surface area contributed by atoms with E-state index in [1.54, 1.807) is 17.5 Å². The van der Waals surface area contributed by atoms with Crippen LogP contribution >= 0.6 is 11.3 Å². The summed E-state index contributed by atoms with van der Waals surface area (Å²) in [5.41, 5.74) is 0.446. The third-order valence-electron chi connectivity index (χ3n) is 3.04. The Balaban J connectivity index is 1.62. The van der Waals surface area contributed by atoms with E-state index in [-0.39, 0.29) is 17.6 Å². The number of amides is 1. The minimum atomic E-state index is -0.423. The van der Waals surface area contributed by atoms with Gasteiger partial charge in [-0.25, -0.2) is 9.97 Å². The Kier molecular flexibility index (Phi) is 4.38. The smallest absolute Gasteiger partial charge is 0.316 e. The molecule has 0 aromatic carbocycles. The van der Waals surface area contributed by atoms with Crippen LogP contribution in [-0.4, -0.2) is 37.5 Å². The summed E-state index contributed by atoms with van der Waals surface area (Å²) in [5, 5.41) is 7.48. The van der Waals surface area contributed by atoms with Gasteiger partial charge in [-0.1, -0.05) is 12.1 Å². The first-order valence-electron chi connectivity index (χ1n) is 6.94. The van der Waals surface area contributed by atoms with Gasteiger partial charge in [-0.15, -0.1) is 11.3 Å². The van der Waals surface area contributed by atoms with Gasteiger partial charge in [-0.05, 0) is 6.92 Å². The second kappa shape index (κ2) is 6.61. The quantitative estimate of drug-likeness (QED) is 0.760. The highest BCUT2D eigenvalue weighted by Gasteiger charge is 2.18. The van der Waals surface area contributed by atoms with Gasteiger partial charge < -0.3 is 9.84 Å². The molecule has 1 N–H and O–H groups in total. The molecule has 3 aromatic heterocycles. The van der Waals surface area contributed by atoms with E-state index >= 15 is 0 Å². The second-order valence-electron chi connectivity index (χ2n) is 4.93. The van der Waals surface area contributed by atoms with Crippen molar-refractivity contribution in [3.63, 3.8) is 0 Å². The molecule has 3 aromatic rings. The van der Waals surface area contributed by atoms with Crippen molar-refractivity contribution in [1.82, 2.24) is 30.4 Å². The summed E-state index contributed by atoms with van der Waals surface area (Å²) in [6, 6.07) is 0. The lowest BCUT2D eigenvalue weighted by Crippen LogP contribution is -2.27. The largest absolute Gasteiger partial charge is 0.347 e. The van der Waals surface area contributed by atoms with Crippen LogP contribution in [0.4, 0.5) is 0 Å². The van der Waals surface area contributed by atoms with Crippen molar-refractivity contribution in [3.05, 3.63) is 40.6 Å². The molecule has 118 valence electrons. The molecular weight excluding hydrogens is 316 g/mol. The summed E-state index contributed by atoms with van der Waals surface area (Å²) in [5.74, 6) is -0.187. The molecule has 0 bridgehead atoms. The number of hydrogen-bond acceptors (Lipinski definition) is 8. The fourth-order valence-electron chi connectivity index (χ4n) is 1.84. The summed E-state index contributed by atoms with van der Waals surface area (Å²) < 4.78 is 4.97. The summed E-state index contributed by atoms with van der Waals surface area (Å²) in [6.07, 6.45) is 6.38. The minimum absolute atomic E-state index is 0.104. The summed E-state index contributed by atoms with van der Waals surface area (Å²) in [4.78, 5) is 29.5. The van der Waals surface area contributed by atoms with Crippen LogP contribution in [0.3, 0.4) is 0 Å². The molecule has 0 aliphatic heterocycles. The molecule has 0 saturated carbocycles. The molecule has 1 amide bonds. The van der Waals surface area contributed by atoms with E-state index in [2.05, 4.69) is 30.4 Å². The first-order chi connectivity index (χ1) is 11.1. The van der Waals surface area contributed by atoms with Crippen molar-refractivity contribution >= 4 is 17.2 Å². The third-order valence-corrected chi connectivity index (χ3v) is 4.19. The van der Waals surface area contributed by atoms with Gasteiger partial charge in [0.2, 0.25) is 5.82 Å². The maximum atomic E-state index is 12.1. The number of nitrogens with one attached hydrogen (secondary N) is 1. The number of carbonyl (C=O) groups is 1. The van der Waals surface area contributed by atoms with E-state index < -0.39 is 5.91 Å². The monoisotopic (exact) mass is 330 g/mol. The van der Waals surface area contributed by atoms with Gasteiger partial charge in [0.05, 0.1) is 11.2 Å². The number of aromatic nitrogens is 5. The molecule has 0 unspecified atom stereocenters. The predicted molar refractivity (Wildman–Crippen MR) is 82.9 cm³/mol. The lowest BCUT2D eigenvalue weighted by Gasteiger charge is -2.08. The predicted octanol–water partition coefficient (Wildman–Crippen LogP) is 1.83. The van der Waals surface area contributed by atoms with E-state index in [0.717, 1.165) is 9.88 Å². The van der Waals surface area contributed by atoms with Crippen LogP contribution in [-0.2, 0) is 0 Å². The lowest BCUT2D eigenvalue weighted by atomic mass is 10.2. The molecule has 0 aliphatic rings. The molecule has 3 heterocycles. The number of nitrogens with zero attached hydrogens (tertiary/aromatic N) is 5. The molecule has 0 aliphatic carbocycles. The van der Waals surface area contributed by atoms with Crippen molar-refractivity contribution in [3.8, 4) is 11.5 Å². The Morgan fingerprint density at radius 3 is 2.91 bits per heavy atom. The second-order valence-corrected chi connectivity index (χ2v) is 6.20. The highest BCUT2D eigenvalue weighted by molar-refractivity contribution is 7.11. The molecule has 9 heteroatoms. The number of hydrogen-bond donors (Lipinski definition) is 1. The number of aryl methyl sites for hydroxylation is 1. The molecule has 0 radical (unpaired) electrons. The Morgan fingerprint density at radius 2 is 2.22 bits per heavy atom. The SMILES string of the molecule is Cc1cnc([C@@H](C)CNC(=O)c2nc(-c3cnccn3)no2)s1. The zero-order chi connectivity index (χ0) is 16.2. The summed E-state index contributed by atoms with van der Waals surface area (Å²) in [7, 11) is 0. The fourth-order valence-corrected chi connectivity index (χ4v) is 2.67. The molecular formula is C14H14N6O2S. The van der Waals surface area contributed by atoms with Crippen molar-refractivity contribution in [1.29, 1.82) is 0 Å². The topological polar surface area (TPSA) is 107 Å². The maximum Gasteiger partial charge on any atom is 0.316 e. The van der Waals surface area contributed by atoms with E-state index in [9.17, 15) is 4.79 Å². The van der Waals surface area contributed by atoms with Gasteiger partial charge >= 0.3 is 11.8 Å². The summed E-state index contributed by atoms with van der Waals surface area (Å²) in [6.45, 7) is 4.44. The first-order valence-corrected chi connectivity index (χ1v) is 7.75. The highest BCUT2D eigenvalue weighted by Crippen LogP contribution is 2.20. The number of carbonyl (C=O) groups excluding carboxylic acids is 1. The summed E-state index contributed by atoms with van der Waals surface area (Å²) >= 11 is 1.62. The van der Waals surface area contributed by atoms with Gasteiger partial charge in [0.15, 0.2) is 0 Å². The molecule has 0 spiro atoms. The molecule has 3 rings (SSSR count). The van der Waals surface area contributed by atoms with E-state index in [1.165, 1.54) is 12.4 Å². The lowest BCUT2D eigenvalue weighted by molar-refractivity contribution is 0.0908. The highest BCUT2D eigenvalue weighted by atomic mass is 32.1. The first kappa shape index (κ1) is 15.2. The normalized spacial score (nSPS) is 12.1. The average molecular weight is 330 g/mol. The Labute approximate surface area is 136 Å². The fraction of sp³-hybridized carbons (Fsp3) is 0.286. The van der Waals surface area contributed by atoms with E-state index in [1.807, 2.05) is 20.0 Å². The third kappa shape index (κ3) is 3.57. The number of thiazole rings is 1. The average Bonchev–Trinajstić information content (AvgIpc) is 3.22. The molecule has 0 fully saturated rings. The van der Waals surface area contributed by atoms with Gasteiger partial charge in [-0.3, -0.25) is 9.78 Å². The van der Waals surface area contributed by atoms with Crippen LogP contribution in [0, 0.1) is 6.92 Å². The van der Waals surface area contributed by atoms with Crippen LogP contribution < -0.4 is 5.32 Å². The van der Waals surface area contributed by atoms with E-state index in [0.29, 0.717) is 12.2 Å². The van der Waals surface area contributed by atoms with Crippen molar-refractivity contribution in [2.45, 2.75) is 19.8 Å². The Hall–Kier alpha value is -2.68. The van der Waals surface area contributed by atoms with Crippen molar-refractivity contribution in [2.75, 3.05) is 6.54 Å². The standard InChI is InChI=1S/C14H14N6O2S/c1-8(14-18-6-9(2)23-14)5-17-12(21)13-19-11(20-22-13)10-7-15-3-4-16-10/h3-4,6-8H,5H2,1-2H3,(H,17,21)/t8-/m0/s1. The molecule has 23 heavy (non-hydrogen) atoms. The van der Waals surface area contributed by atoms with Gasteiger partial charge in [0, 0.05) is 35.9 Å². The Morgan fingerprint density at radius 1 is 1.35 bits per heavy atom. The minimum Gasteiger partial charge on any atom is -0.347 e. The maximum absolute atomic E-state index is 12.1. The molecule has 1 atom stereocenters. The zero-order valence-corrected chi connectivity index (χ0v) is 13.4. The van der Waals surface area contributed by atoms with Crippen LogP contribution in [0.1, 0.15) is 33.4 Å². The molecule has 8 nitrogen and oxygen atoms in total. The van der Waals surface area contributed by atoms with Gasteiger partial charge in [0.1, 0.15) is 5.69 Å². The van der Waals surface area contributed by atoms with Gasteiger partial charge in [0.25, 0.3) is 0 Å². The van der Waals surface area contributed by atoms with Crippen LogP contribution in [0.25, 0.3) is 11.5 Å². The van der Waals surface area contributed by atoms with Gasteiger partial charge in [-0.2, -0.15) is 4.98 Å². The van der Waals surface area contributed by atoms with Crippen LogP contribution in [0.15, 0.2) is 29.3 Å². The molecule has 0 saturated heterocycles. The zero-order valence-electron chi connectivity index (χ0n) is 12.6. The Bertz CT molecular complexity index is 800.